The molecule has 1 atom stereocenters. The van der Waals surface area contributed by atoms with Gasteiger partial charge in [0, 0.05) is 5.54 Å². The number of para-hydroxylation sites is 1. The molecule has 2 aromatic rings. The normalized spacial score (nSPS) is 12.5. The summed E-state index contributed by atoms with van der Waals surface area (Å²) in [5.41, 5.74) is 0.718. The third-order valence-corrected chi connectivity index (χ3v) is 3.72. The summed E-state index contributed by atoms with van der Waals surface area (Å²) >= 11 is 0. The predicted octanol–water partition coefficient (Wildman–Crippen LogP) is 4.12. The molecular weight excluding hydrogens is 305 g/mol. The van der Waals surface area contributed by atoms with Crippen LogP contribution in [-0.4, -0.2) is 17.6 Å². The Labute approximate surface area is 142 Å². The summed E-state index contributed by atoms with van der Waals surface area (Å²) in [7, 11) is 0. The van der Waals surface area contributed by atoms with Gasteiger partial charge in [-0.25, -0.2) is 4.39 Å². The number of amides is 1. The number of carbonyl (C=O) groups is 1. The summed E-state index contributed by atoms with van der Waals surface area (Å²) in [4.78, 5) is 12.5. The first-order valence-electron chi connectivity index (χ1n) is 8.18. The van der Waals surface area contributed by atoms with Gasteiger partial charge < -0.3 is 10.1 Å². The van der Waals surface area contributed by atoms with Crippen molar-refractivity contribution in [2.45, 2.75) is 45.3 Å². The molecule has 4 heteroatoms. The van der Waals surface area contributed by atoms with Gasteiger partial charge in [-0.1, -0.05) is 49.4 Å². The third kappa shape index (κ3) is 5.08. The topological polar surface area (TPSA) is 38.3 Å². The molecule has 24 heavy (non-hydrogen) atoms. The third-order valence-electron chi connectivity index (χ3n) is 3.72. The molecule has 0 bridgehead atoms. The molecule has 3 nitrogen and oxygen atoms in total. The first-order valence-corrected chi connectivity index (χ1v) is 8.18. The van der Waals surface area contributed by atoms with Gasteiger partial charge >= 0.3 is 0 Å². The minimum absolute atomic E-state index is 0.0976. The number of halogens is 1. The van der Waals surface area contributed by atoms with Crippen LogP contribution in [-0.2, 0) is 11.2 Å². The molecule has 0 unspecified atom stereocenters. The van der Waals surface area contributed by atoms with Crippen LogP contribution in [0.3, 0.4) is 0 Å². The molecule has 0 aromatic heterocycles. The lowest BCUT2D eigenvalue weighted by atomic mass is 9.94. The van der Waals surface area contributed by atoms with E-state index in [-0.39, 0.29) is 11.7 Å². The smallest absolute Gasteiger partial charge is 0.261 e. The van der Waals surface area contributed by atoms with E-state index >= 15 is 0 Å². The summed E-state index contributed by atoms with van der Waals surface area (Å²) in [6, 6.07) is 16.1. The average Bonchev–Trinajstić information content (AvgIpc) is 2.54. The monoisotopic (exact) mass is 329 g/mol. The Kier molecular flexibility index (Phi) is 5.96. The maximum absolute atomic E-state index is 13.7. The van der Waals surface area contributed by atoms with Gasteiger partial charge in [0.05, 0.1) is 0 Å². The molecular formula is C20H24FNO2. The highest BCUT2D eigenvalue weighted by atomic mass is 19.1. The van der Waals surface area contributed by atoms with Crippen molar-refractivity contribution in [3.05, 3.63) is 66.0 Å². The van der Waals surface area contributed by atoms with Crippen LogP contribution in [0.5, 0.6) is 5.75 Å². The molecule has 2 aromatic carbocycles. The van der Waals surface area contributed by atoms with E-state index in [9.17, 15) is 9.18 Å². The van der Waals surface area contributed by atoms with Crippen LogP contribution in [0.1, 0.15) is 32.8 Å². The van der Waals surface area contributed by atoms with Gasteiger partial charge in [-0.15, -0.1) is 0 Å². The highest BCUT2D eigenvalue weighted by molar-refractivity contribution is 5.81. The minimum Gasteiger partial charge on any atom is -0.478 e. The summed E-state index contributed by atoms with van der Waals surface area (Å²) < 4.78 is 19.3. The molecule has 0 aliphatic heterocycles. The van der Waals surface area contributed by atoms with Crippen molar-refractivity contribution < 1.29 is 13.9 Å². The first kappa shape index (κ1) is 18.0. The molecule has 2 rings (SSSR count). The van der Waals surface area contributed by atoms with E-state index in [0.29, 0.717) is 12.8 Å². The summed E-state index contributed by atoms with van der Waals surface area (Å²) in [5, 5.41) is 3.01. The second kappa shape index (κ2) is 7.95. The van der Waals surface area contributed by atoms with Crippen molar-refractivity contribution in [1.29, 1.82) is 0 Å². The lowest BCUT2D eigenvalue weighted by Gasteiger charge is -2.29. The van der Waals surface area contributed by atoms with Crippen molar-refractivity contribution in [3.63, 3.8) is 0 Å². The fraction of sp³-hybridized carbons (Fsp3) is 0.350. The van der Waals surface area contributed by atoms with Crippen LogP contribution < -0.4 is 10.1 Å². The predicted molar refractivity (Wildman–Crippen MR) is 93.5 cm³/mol. The molecule has 0 fully saturated rings. The Morgan fingerprint density at radius 3 is 2.38 bits per heavy atom. The van der Waals surface area contributed by atoms with Gasteiger partial charge in [0.25, 0.3) is 5.91 Å². The van der Waals surface area contributed by atoms with Crippen LogP contribution in [0, 0.1) is 5.82 Å². The highest BCUT2D eigenvalue weighted by Crippen LogP contribution is 2.19. The Balaban J connectivity index is 2.01. The van der Waals surface area contributed by atoms with E-state index in [1.165, 1.54) is 12.1 Å². The van der Waals surface area contributed by atoms with E-state index in [1.807, 2.05) is 51.1 Å². The molecule has 0 spiro atoms. The van der Waals surface area contributed by atoms with Crippen molar-refractivity contribution in [3.8, 4) is 5.75 Å². The maximum atomic E-state index is 13.7. The second-order valence-electron chi connectivity index (χ2n) is 6.48. The Bertz CT molecular complexity index is 670. The Morgan fingerprint density at radius 1 is 1.12 bits per heavy atom. The zero-order valence-corrected chi connectivity index (χ0v) is 14.4. The number of benzene rings is 2. The minimum atomic E-state index is -0.725. The molecule has 0 saturated heterocycles. The van der Waals surface area contributed by atoms with Crippen LogP contribution in [0.15, 0.2) is 54.6 Å². The molecule has 128 valence electrons. The van der Waals surface area contributed by atoms with Crippen molar-refractivity contribution >= 4 is 5.91 Å². The quantitative estimate of drug-likeness (QED) is 0.830. The van der Waals surface area contributed by atoms with Gasteiger partial charge in [-0.05, 0) is 44.4 Å². The summed E-state index contributed by atoms with van der Waals surface area (Å²) in [5.74, 6) is -0.602. The van der Waals surface area contributed by atoms with Crippen molar-refractivity contribution in [2.75, 3.05) is 0 Å². The number of ether oxygens (including phenoxy) is 1. The van der Waals surface area contributed by atoms with Crippen molar-refractivity contribution in [2.24, 2.45) is 0 Å². The zero-order valence-electron chi connectivity index (χ0n) is 14.4. The Hall–Kier alpha value is -2.36. The molecule has 1 N–H and O–H groups in total. The number of hydrogen-bond acceptors (Lipinski definition) is 2. The van der Waals surface area contributed by atoms with E-state index < -0.39 is 17.5 Å². The number of rotatable bonds is 7. The van der Waals surface area contributed by atoms with Gasteiger partial charge in [-0.2, -0.15) is 0 Å². The summed E-state index contributed by atoms with van der Waals surface area (Å²) in [6.45, 7) is 5.77. The number of carbonyl (C=O) groups excluding carboxylic acids is 1. The van der Waals surface area contributed by atoms with E-state index in [1.54, 1.807) is 12.1 Å². The van der Waals surface area contributed by atoms with E-state index in [0.717, 1.165) is 5.56 Å². The molecule has 0 aliphatic carbocycles. The lowest BCUT2D eigenvalue weighted by Crippen LogP contribution is -2.50. The highest BCUT2D eigenvalue weighted by Gasteiger charge is 2.27. The lowest BCUT2D eigenvalue weighted by molar-refractivity contribution is -0.129. The van der Waals surface area contributed by atoms with Crippen LogP contribution in [0.25, 0.3) is 0 Å². The number of hydrogen-bond donors (Lipinski definition) is 1. The van der Waals surface area contributed by atoms with E-state index in [4.69, 9.17) is 4.74 Å². The average molecular weight is 329 g/mol. The standard InChI is InChI=1S/C20H24FNO2/c1-4-17(24-18-13-9-8-12-16(18)21)19(23)22-20(2,3)14-15-10-6-5-7-11-15/h5-13,17H,4,14H2,1-3H3,(H,22,23)/t17-/m0/s1. The molecule has 0 saturated carbocycles. The number of nitrogens with one attached hydrogen (secondary N) is 1. The largest absolute Gasteiger partial charge is 0.478 e. The summed E-state index contributed by atoms with van der Waals surface area (Å²) in [6.07, 6.45) is 0.439. The van der Waals surface area contributed by atoms with Crippen molar-refractivity contribution in [1.82, 2.24) is 5.32 Å². The first-order chi connectivity index (χ1) is 11.4. The molecule has 1 amide bonds. The molecule has 0 heterocycles. The van der Waals surface area contributed by atoms with Crippen LogP contribution in [0.2, 0.25) is 0 Å². The fourth-order valence-corrected chi connectivity index (χ4v) is 2.58. The van der Waals surface area contributed by atoms with Gasteiger partial charge in [0.15, 0.2) is 17.7 Å². The maximum Gasteiger partial charge on any atom is 0.261 e. The SMILES string of the molecule is CC[C@H](Oc1ccccc1F)C(=O)NC(C)(C)Cc1ccccc1. The zero-order chi connectivity index (χ0) is 17.6. The Morgan fingerprint density at radius 2 is 1.75 bits per heavy atom. The molecule has 0 radical (unpaired) electrons. The van der Waals surface area contributed by atoms with E-state index in [2.05, 4.69) is 5.32 Å². The van der Waals surface area contributed by atoms with Gasteiger partial charge in [0.1, 0.15) is 0 Å². The van der Waals surface area contributed by atoms with Crippen LogP contribution in [0.4, 0.5) is 4.39 Å². The van der Waals surface area contributed by atoms with Gasteiger partial charge in [-0.3, -0.25) is 4.79 Å². The second-order valence-corrected chi connectivity index (χ2v) is 6.48. The van der Waals surface area contributed by atoms with Crippen LogP contribution >= 0.6 is 0 Å². The fourth-order valence-electron chi connectivity index (χ4n) is 2.58. The van der Waals surface area contributed by atoms with Gasteiger partial charge in [0.2, 0.25) is 0 Å². The molecule has 0 aliphatic rings.